The van der Waals surface area contributed by atoms with Crippen LogP contribution < -0.4 is 16.8 Å². The van der Waals surface area contributed by atoms with Gasteiger partial charge in [0.05, 0.1) is 6.10 Å². The van der Waals surface area contributed by atoms with Crippen molar-refractivity contribution < 1.29 is 5.11 Å². The minimum Gasteiger partial charge on any atom is -0.390 e. The average molecular weight is 313 g/mol. The minimum atomic E-state index is -0.546. The lowest BCUT2D eigenvalue weighted by atomic mass is 10.0. The van der Waals surface area contributed by atoms with Crippen LogP contribution in [0, 0.1) is 0 Å². The molecule has 0 aliphatic heterocycles. The molecule has 0 unspecified atom stereocenters. The van der Waals surface area contributed by atoms with Crippen molar-refractivity contribution in [1.82, 2.24) is 5.32 Å². The molecule has 0 aliphatic rings. The largest absolute Gasteiger partial charge is 0.390 e. The van der Waals surface area contributed by atoms with E-state index in [1.807, 2.05) is 30.3 Å². The van der Waals surface area contributed by atoms with Gasteiger partial charge in [-0.25, -0.2) is 0 Å². The summed E-state index contributed by atoms with van der Waals surface area (Å²) in [6.45, 7) is 1.90. The van der Waals surface area contributed by atoms with Gasteiger partial charge in [-0.3, -0.25) is 0 Å². The van der Waals surface area contributed by atoms with Crippen LogP contribution >= 0.6 is 0 Å². The maximum atomic E-state index is 10.1. The normalized spacial score (nSPS) is 13.7. The Bertz CT molecular complexity index is 557. The summed E-state index contributed by atoms with van der Waals surface area (Å²) in [4.78, 5) is 0. The molecule has 0 amide bonds. The summed E-state index contributed by atoms with van der Waals surface area (Å²) in [6.07, 6.45) is 1.06. The maximum Gasteiger partial charge on any atom is 0.0818 e. The summed E-state index contributed by atoms with van der Waals surface area (Å²) in [6, 6.07) is 18.1. The van der Waals surface area contributed by atoms with Crippen LogP contribution in [-0.2, 0) is 19.4 Å². The van der Waals surface area contributed by atoms with Gasteiger partial charge < -0.3 is 21.9 Å². The van der Waals surface area contributed by atoms with Crippen molar-refractivity contribution in [2.75, 3.05) is 13.1 Å². The van der Waals surface area contributed by atoms with E-state index in [9.17, 15) is 5.11 Å². The van der Waals surface area contributed by atoms with E-state index in [1.165, 1.54) is 5.56 Å². The molecule has 0 aliphatic carbocycles. The van der Waals surface area contributed by atoms with Crippen molar-refractivity contribution in [2.24, 2.45) is 11.5 Å². The molecule has 124 valence electrons. The molecule has 0 saturated heterocycles. The summed E-state index contributed by atoms with van der Waals surface area (Å²) in [5.41, 5.74) is 15.2. The van der Waals surface area contributed by atoms with Crippen molar-refractivity contribution >= 4 is 0 Å². The molecular weight excluding hydrogens is 286 g/mol. The first-order valence-corrected chi connectivity index (χ1v) is 8.15. The minimum absolute atomic E-state index is 0.256. The molecule has 4 heteroatoms. The van der Waals surface area contributed by atoms with Crippen molar-refractivity contribution in [3.8, 4) is 0 Å². The van der Waals surface area contributed by atoms with Crippen LogP contribution in [-0.4, -0.2) is 30.3 Å². The zero-order valence-electron chi connectivity index (χ0n) is 13.5. The Morgan fingerprint density at radius 2 is 1.57 bits per heavy atom. The van der Waals surface area contributed by atoms with Gasteiger partial charge in [0, 0.05) is 19.1 Å². The van der Waals surface area contributed by atoms with E-state index in [0.717, 1.165) is 24.1 Å². The molecule has 0 spiro atoms. The van der Waals surface area contributed by atoms with Gasteiger partial charge in [-0.1, -0.05) is 54.6 Å². The average Bonchev–Trinajstić information content (AvgIpc) is 2.60. The van der Waals surface area contributed by atoms with E-state index in [4.69, 9.17) is 11.5 Å². The number of rotatable bonds is 9. The quantitative estimate of drug-likeness (QED) is 0.524. The van der Waals surface area contributed by atoms with Gasteiger partial charge in [-0.15, -0.1) is 0 Å². The van der Waals surface area contributed by atoms with Crippen molar-refractivity contribution in [3.05, 3.63) is 71.3 Å². The second-order valence-electron chi connectivity index (χ2n) is 5.90. The van der Waals surface area contributed by atoms with Crippen LogP contribution in [0.15, 0.2) is 54.6 Å². The molecule has 0 saturated carbocycles. The number of nitrogens with one attached hydrogen (secondary N) is 1. The SMILES string of the molecule is NCc1ccc(CCNC[C@@H](O)[C@@H](N)Cc2ccccc2)cc1. The van der Waals surface area contributed by atoms with E-state index < -0.39 is 6.10 Å². The first kappa shape index (κ1) is 17.6. The summed E-state index contributed by atoms with van der Waals surface area (Å²) in [5, 5.41) is 13.4. The molecule has 0 heterocycles. The third-order valence-electron chi connectivity index (χ3n) is 4.01. The molecule has 0 bridgehead atoms. The molecule has 0 fully saturated rings. The second kappa shape index (κ2) is 9.43. The smallest absolute Gasteiger partial charge is 0.0818 e. The van der Waals surface area contributed by atoms with Gasteiger partial charge in [0.15, 0.2) is 0 Å². The van der Waals surface area contributed by atoms with Crippen LogP contribution in [0.5, 0.6) is 0 Å². The number of hydrogen-bond donors (Lipinski definition) is 4. The Balaban J connectivity index is 1.66. The van der Waals surface area contributed by atoms with Crippen molar-refractivity contribution in [1.29, 1.82) is 0 Å². The number of nitrogens with two attached hydrogens (primary N) is 2. The lowest BCUT2D eigenvalue weighted by Gasteiger charge is -2.19. The maximum absolute atomic E-state index is 10.1. The summed E-state index contributed by atoms with van der Waals surface area (Å²) < 4.78 is 0. The first-order valence-electron chi connectivity index (χ1n) is 8.15. The molecule has 0 radical (unpaired) electrons. The Morgan fingerprint density at radius 1 is 0.913 bits per heavy atom. The third-order valence-corrected chi connectivity index (χ3v) is 4.01. The van der Waals surface area contributed by atoms with Gasteiger partial charge in [0.2, 0.25) is 0 Å². The first-order chi connectivity index (χ1) is 11.2. The van der Waals surface area contributed by atoms with Crippen molar-refractivity contribution in [2.45, 2.75) is 31.5 Å². The van der Waals surface area contributed by atoms with Crippen LogP contribution in [0.4, 0.5) is 0 Å². The Kier molecular flexibility index (Phi) is 7.23. The monoisotopic (exact) mass is 313 g/mol. The fraction of sp³-hybridized carbons (Fsp3) is 0.368. The Hall–Kier alpha value is -1.72. The van der Waals surface area contributed by atoms with E-state index in [1.54, 1.807) is 0 Å². The highest BCUT2D eigenvalue weighted by Gasteiger charge is 2.14. The molecule has 2 atom stereocenters. The molecule has 2 aromatic rings. The standard InChI is InChI=1S/C19H27N3O/c20-13-17-8-6-15(7-9-17)10-11-22-14-19(23)18(21)12-16-4-2-1-3-5-16/h1-9,18-19,22-23H,10-14,20-21H2/t18-,19+/m0/s1. The van der Waals surface area contributed by atoms with Crippen LogP contribution in [0.1, 0.15) is 16.7 Å². The summed E-state index contributed by atoms with van der Waals surface area (Å²) >= 11 is 0. The molecule has 2 rings (SSSR count). The molecule has 4 nitrogen and oxygen atoms in total. The zero-order chi connectivity index (χ0) is 16.5. The van der Waals surface area contributed by atoms with Crippen LogP contribution in [0.3, 0.4) is 0 Å². The Morgan fingerprint density at radius 3 is 2.22 bits per heavy atom. The van der Waals surface area contributed by atoms with E-state index >= 15 is 0 Å². The highest BCUT2D eigenvalue weighted by molar-refractivity contribution is 5.22. The van der Waals surface area contributed by atoms with Crippen LogP contribution in [0.2, 0.25) is 0 Å². The highest BCUT2D eigenvalue weighted by Crippen LogP contribution is 2.05. The predicted molar refractivity (Wildman–Crippen MR) is 95.0 cm³/mol. The van der Waals surface area contributed by atoms with Crippen molar-refractivity contribution in [3.63, 3.8) is 0 Å². The number of benzene rings is 2. The molecule has 2 aromatic carbocycles. The fourth-order valence-electron chi connectivity index (χ4n) is 2.50. The molecule has 0 aromatic heterocycles. The summed E-state index contributed by atoms with van der Waals surface area (Å²) in [7, 11) is 0. The summed E-state index contributed by atoms with van der Waals surface area (Å²) in [5.74, 6) is 0. The predicted octanol–water partition coefficient (Wildman–Crippen LogP) is 1.21. The molecular formula is C19H27N3O. The lowest BCUT2D eigenvalue weighted by Crippen LogP contribution is -2.43. The van der Waals surface area contributed by atoms with Gasteiger partial charge in [-0.2, -0.15) is 0 Å². The molecule has 23 heavy (non-hydrogen) atoms. The van der Waals surface area contributed by atoms with Gasteiger partial charge in [0.1, 0.15) is 0 Å². The van der Waals surface area contributed by atoms with E-state index in [0.29, 0.717) is 19.5 Å². The Labute approximate surface area is 138 Å². The second-order valence-corrected chi connectivity index (χ2v) is 5.90. The van der Waals surface area contributed by atoms with Gasteiger partial charge in [0.25, 0.3) is 0 Å². The van der Waals surface area contributed by atoms with Gasteiger partial charge >= 0.3 is 0 Å². The third kappa shape index (κ3) is 6.12. The highest BCUT2D eigenvalue weighted by atomic mass is 16.3. The topological polar surface area (TPSA) is 84.3 Å². The van der Waals surface area contributed by atoms with Crippen LogP contribution in [0.25, 0.3) is 0 Å². The number of aliphatic hydroxyl groups is 1. The fourth-order valence-corrected chi connectivity index (χ4v) is 2.50. The zero-order valence-corrected chi connectivity index (χ0v) is 13.5. The van der Waals surface area contributed by atoms with Gasteiger partial charge in [-0.05, 0) is 36.1 Å². The van der Waals surface area contributed by atoms with E-state index in [2.05, 4.69) is 29.6 Å². The lowest BCUT2D eigenvalue weighted by molar-refractivity contribution is 0.142. The number of aliphatic hydroxyl groups excluding tert-OH is 1. The molecule has 6 N–H and O–H groups in total. The van der Waals surface area contributed by atoms with E-state index in [-0.39, 0.29) is 6.04 Å². The number of hydrogen-bond acceptors (Lipinski definition) is 4.